The summed E-state index contributed by atoms with van der Waals surface area (Å²) < 4.78 is 26.9. The van der Waals surface area contributed by atoms with Crippen LogP contribution >= 0.6 is 0 Å². The molecule has 1 fully saturated rings. The van der Waals surface area contributed by atoms with Crippen molar-refractivity contribution < 1.29 is 13.3 Å². The van der Waals surface area contributed by atoms with Gasteiger partial charge in [-0.2, -0.15) is 4.31 Å². The molecule has 7 nitrogen and oxygen atoms in total. The van der Waals surface area contributed by atoms with E-state index in [9.17, 15) is 18.5 Å². The van der Waals surface area contributed by atoms with Crippen LogP contribution in [0.15, 0.2) is 23.1 Å². The fourth-order valence-corrected chi connectivity index (χ4v) is 4.36. The van der Waals surface area contributed by atoms with Crippen molar-refractivity contribution in [3.8, 4) is 0 Å². The summed E-state index contributed by atoms with van der Waals surface area (Å²) in [7, 11) is -3.73. The van der Waals surface area contributed by atoms with Crippen LogP contribution in [0.25, 0.3) is 0 Å². The van der Waals surface area contributed by atoms with Gasteiger partial charge in [0.1, 0.15) is 0 Å². The second-order valence-electron chi connectivity index (χ2n) is 5.81. The van der Waals surface area contributed by atoms with Crippen LogP contribution in [-0.4, -0.2) is 42.8 Å². The van der Waals surface area contributed by atoms with Gasteiger partial charge in [0.2, 0.25) is 10.0 Å². The molecule has 0 aromatic heterocycles. The van der Waals surface area contributed by atoms with E-state index in [0.29, 0.717) is 19.6 Å². The molecule has 2 rings (SSSR count). The van der Waals surface area contributed by atoms with Crippen LogP contribution in [0.1, 0.15) is 19.4 Å². The molecule has 0 amide bonds. The Hall–Kier alpha value is -1.51. The van der Waals surface area contributed by atoms with Crippen molar-refractivity contribution in [2.24, 2.45) is 0 Å². The second kappa shape index (κ2) is 5.36. The highest BCUT2D eigenvalue weighted by Crippen LogP contribution is 2.28. The summed E-state index contributed by atoms with van der Waals surface area (Å²) in [6, 6.07) is 4.15. The first-order chi connectivity index (χ1) is 9.65. The maximum Gasteiger partial charge on any atom is 0.273 e. The Kier molecular flexibility index (Phi) is 4.05. The van der Waals surface area contributed by atoms with Gasteiger partial charge in [-0.1, -0.05) is 6.07 Å². The summed E-state index contributed by atoms with van der Waals surface area (Å²) in [5.41, 5.74) is -0.316. The molecule has 0 saturated carbocycles. The van der Waals surface area contributed by atoms with Crippen molar-refractivity contribution in [1.82, 2.24) is 9.62 Å². The van der Waals surface area contributed by atoms with E-state index in [1.807, 2.05) is 13.8 Å². The normalized spacial score (nSPS) is 19.4. The van der Waals surface area contributed by atoms with Gasteiger partial charge in [-0.15, -0.1) is 0 Å². The number of hydrogen-bond acceptors (Lipinski definition) is 5. The van der Waals surface area contributed by atoms with E-state index in [4.69, 9.17) is 0 Å². The lowest BCUT2D eigenvalue weighted by atomic mass is 10.0. The molecule has 0 radical (unpaired) electrons. The number of rotatable bonds is 3. The van der Waals surface area contributed by atoms with Gasteiger partial charge in [0.05, 0.1) is 9.82 Å². The molecule has 1 aliphatic rings. The van der Waals surface area contributed by atoms with Gasteiger partial charge in [-0.3, -0.25) is 10.1 Å². The third-order valence-corrected chi connectivity index (χ3v) is 5.60. The average molecular weight is 313 g/mol. The summed E-state index contributed by atoms with van der Waals surface area (Å²) in [4.78, 5) is 10.4. The van der Waals surface area contributed by atoms with Crippen LogP contribution in [0.4, 0.5) is 5.69 Å². The number of nitrogens with zero attached hydrogens (tertiary/aromatic N) is 2. The van der Waals surface area contributed by atoms with E-state index in [2.05, 4.69) is 5.32 Å². The highest BCUT2D eigenvalue weighted by Gasteiger charge is 2.35. The number of nitrogens with one attached hydrogen (secondary N) is 1. The van der Waals surface area contributed by atoms with Gasteiger partial charge in [-0.05, 0) is 26.8 Å². The predicted molar refractivity (Wildman–Crippen MR) is 78.7 cm³/mol. The van der Waals surface area contributed by atoms with Gasteiger partial charge in [0, 0.05) is 36.8 Å². The second-order valence-corrected chi connectivity index (χ2v) is 7.71. The molecular formula is C13H19N3O4S. The highest BCUT2D eigenvalue weighted by atomic mass is 32.2. The first-order valence-corrected chi connectivity index (χ1v) is 8.08. The zero-order chi connectivity index (χ0) is 15.8. The quantitative estimate of drug-likeness (QED) is 0.670. The highest BCUT2D eigenvalue weighted by molar-refractivity contribution is 7.89. The monoisotopic (exact) mass is 313 g/mol. The molecule has 1 aromatic carbocycles. The first kappa shape index (κ1) is 15.9. The molecule has 0 atom stereocenters. The van der Waals surface area contributed by atoms with Crippen molar-refractivity contribution in [2.45, 2.75) is 31.2 Å². The van der Waals surface area contributed by atoms with Crippen molar-refractivity contribution in [3.05, 3.63) is 33.9 Å². The first-order valence-electron chi connectivity index (χ1n) is 6.64. The molecule has 21 heavy (non-hydrogen) atoms. The summed E-state index contributed by atoms with van der Waals surface area (Å²) in [5, 5.41) is 14.2. The van der Waals surface area contributed by atoms with Crippen molar-refractivity contribution >= 4 is 15.7 Å². The van der Waals surface area contributed by atoms with Crippen LogP contribution in [0.5, 0.6) is 0 Å². The fourth-order valence-electron chi connectivity index (χ4n) is 2.52. The van der Waals surface area contributed by atoms with E-state index in [0.717, 1.165) is 0 Å². The minimum absolute atomic E-state index is 0.00870. The standard InChI is InChI=1S/C13H19N3O4S/c1-10-11(16(17)18)5-4-6-12(10)21(19,20)15-8-7-14-13(2,3)9-15/h4-6,14H,7-9H2,1-3H3. The summed E-state index contributed by atoms with van der Waals surface area (Å²) in [6.07, 6.45) is 0. The lowest BCUT2D eigenvalue weighted by Crippen LogP contribution is -2.58. The van der Waals surface area contributed by atoms with Crippen LogP contribution in [0.2, 0.25) is 0 Å². The third-order valence-electron chi connectivity index (χ3n) is 3.61. The third kappa shape index (κ3) is 3.07. The number of piperazine rings is 1. The Morgan fingerprint density at radius 2 is 2.05 bits per heavy atom. The zero-order valence-electron chi connectivity index (χ0n) is 12.3. The zero-order valence-corrected chi connectivity index (χ0v) is 13.1. The molecule has 0 unspecified atom stereocenters. The smallest absolute Gasteiger partial charge is 0.273 e. The molecule has 8 heteroatoms. The Balaban J connectivity index is 2.45. The molecule has 0 spiro atoms. The number of nitro benzene ring substituents is 1. The van der Waals surface area contributed by atoms with E-state index >= 15 is 0 Å². The summed E-state index contributed by atoms with van der Waals surface area (Å²) in [5.74, 6) is 0. The minimum Gasteiger partial charge on any atom is -0.309 e. The van der Waals surface area contributed by atoms with Crippen LogP contribution < -0.4 is 5.32 Å². The van der Waals surface area contributed by atoms with Crippen LogP contribution in [0.3, 0.4) is 0 Å². The Bertz CT molecular complexity index is 670. The molecular weight excluding hydrogens is 294 g/mol. The maximum atomic E-state index is 12.7. The van der Waals surface area contributed by atoms with Gasteiger partial charge in [0.25, 0.3) is 5.69 Å². The van der Waals surface area contributed by atoms with Gasteiger partial charge < -0.3 is 5.32 Å². The molecule has 1 aliphatic heterocycles. The maximum absolute atomic E-state index is 12.7. The van der Waals surface area contributed by atoms with Gasteiger partial charge in [-0.25, -0.2) is 8.42 Å². The average Bonchev–Trinajstić information content (AvgIpc) is 2.37. The molecule has 0 bridgehead atoms. The van der Waals surface area contributed by atoms with Crippen molar-refractivity contribution in [1.29, 1.82) is 0 Å². The van der Waals surface area contributed by atoms with Crippen LogP contribution in [-0.2, 0) is 10.0 Å². The SMILES string of the molecule is Cc1c([N+](=O)[O-])cccc1S(=O)(=O)N1CCNC(C)(C)C1. The summed E-state index contributed by atoms with van der Waals surface area (Å²) >= 11 is 0. The largest absolute Gasteiger partial charge is 0.309 e. The molecule has 0 aliphatic carbocycles. The Labute approximate surface area is 124 Å². The molecule has 116 valence electrons. The fraction of sp³-hybridized carbons (Fsp3) is 0.538. The molecule has 1 heterocycles. The lowest BCUT2D eigenvalue weighted by molar-refractivity contribution is -0.385. The van der Waals surface area contributed by atoms with E-state index in [1.165, 1.54) is 29.4 Å². The topological polar surface area (TPSA) is 92.5 Å². The van der Waals surface area contributed by atoms with Gasteiger partial charge in [0.15, 0.2) is 0 Å². The Morgan fingerprint density at radius 1 is 1.38 bits per heavy atom. The molecule has 1 saturated heterocycles. The van der Waals surface area contributed by atoms with Crippen molar-refractivity contribution in [3.63, 3.8) is 0 Å². The Morgan fingerprint density at radius 3 is 2.62 bits per heavy atom. The summed E-state index contributed by atoms with van der Waals surface area (Å²) in [6.45, 7) is 6.56. The number of hydrogen-bond donors (Lipinski definition) is 1. The van der Waals surface area contributed by atoms with E-state index < -0.39 is 14.9 Å². The number of nitro groups is 1. The number of benzene rings is 1. The predicted octanol–water partition coefficient (Wildman–Crippen LogP) is 1.28. The van der Waals surface area contributed by atoms with E-state index in [1.54, 1.807) is 0 Å². The molecule has 1 N–H and O–H groups in total. The number of sulfonamides is 1. The van der Waals surface area contributed by atoms with E-state index in [-0.39, 0.29) is 21.7 Å². The molecule has 1 aromatic rings. The minimum atomic E-state index is -3.73. The lowest BCUT2D eigenvalue weighted by Gasteiger charge is -2.38. The van der Waals surface area contributed by atoms with Gasteiger partial charge >= 0.3 is 0 Å². The van der Waals surface area contributed by atoms with Crippen molar-refractivity contribution in [2.75, 3.05) is 19.6 Å². The van der Waals surface area contributed by atoms with Crippen LogP contribution in [0, 0.1) is 17.0 Å².